The van der Waals surface area contributed by atoms with Crippen LogP contribution in [0.15, 0.2) is 60.3 Å². The third-order valence-electron chi connectivity index (χ3n) is 9.81. The number of rotatable bonds is 6. The average molecular weight is 463 g/mol. The first-order valence-corrected chi connectivity index (χ1v) is 16.7. The maximum absolute atomic E-state index is 4.06. The number of hydrogen-bond donors (Lipinski definition) is 0. The molecule has 1 heteroatoms. The van der Waals surface area contributed by atoms with Gasteiger partial charge in [0, 0.05) is 0 Å². The molecule has 0 bridgehead atoms. The topological polar surface area (TPSA) is 0 Å². The summed E-state index contributed by atoms with van der Waals surface area (Å²) in [6, 6.07) is 1.49. The molecular weight excluding hydrogens is 412 g/mol. The van der Waals surface area contributed by atoms with Gasteiger partial charge in [0.15, 0.2) is 0 Å². The molecule has 0 saturated heterocycles. The fourth-order valence-electron chi connectivity index (χ4n) is 7.88. The molecule has 0 heterocycles. The second kappa shape index (κ2) is 9.18. The zero-order valence-electron chi connectivity index (χ0n) is 22.7. The van der Waals surface area contributed by atoms with Crippen molar-refractivity contribution >= 4 is 8.07 Å². The Morgan fingerprint density at radius 2 is 1.33 bits per heavy atom. The van der Waals surface area contributed by atoms with Gasteiger partial charge in [0.2, 0.25) is 0 Å². The van der Waals surface area contributed by atoms with Crippen LogP contribution in [0.3, 0.4) is 0 Å². The van der Waals surface area contributed by atoms with Crippen molar-refractivity contribution in [3.63, 3.8) is 0 Å². The van der Waals surface area contributed by atoms with Crippen LogP contribution < -0.4 is 0 Å². The van der Waals surface area contributed by atoms with Crippen LogP contribution in [-0.4, -0.2) is 8.07 Å². The van der Waals surface area contributed by atoms with Crippen LogP contribution in [0.1, 0.15) is 80.1 Å². The van der Waals surface area contributed by atoms with Crippen molar-refractivity contribution in [1.82, 2.24) is 0 Å². The van der Waals surface area contributed by atoms with Gasteiger partial charge in [0.25, 0.3) is 0 Å². The van der Waals surface area contributed by atoms with Crippen molar-refractivity contribution in [2.45, 2.75) is 104 Å². The molecule has 0 aromatic rings. The molecule has 2 fully saturated rings. The second-order valence-electron chi connectivity index (χ2n) is 14.0. The normalized spacial score (nSPS) is 33.8. The fraction of sp³-hybridized carbons (Fsp3) is 0.688. The lowest BCUT2D eigenvalue weighted by atomic mass is 9.74. The Labute approximate surface area is 206 Å². The molecule has 182 valence electrons. The third-order valence-corrected chi connectivity index (χ3v) is 16.0. The molecule has 5 atom stereocenters. The van der Waals surface area contributed by atoms with Crippen molar-refractivity contribution in [1.29, 1.82) is 0 Å². The molecule has 2 saturated carbocycles. The highest BCUT2D eigenvalue weighted by Gasteiger charge is 2.58. The van der Waals surface area contributed by atoms with Crippen molar-refractivity contribution in [3.05, 3.63) is 60.3 Å². The van der Waals surface area contributed by atoms with Crippen LogP contribution in [0, 0.1) is 34.5 Å². The van der Waals surface area contributed by atoms with Crippen LogP contribution >= 0.6 is 0 Å². The molecule has 0 aromatic heterocycles. The van der Waals surface area contributed by atoms with Crippen LogP contribution in [0.25, 0.3) is 0 Å². The van der Waals surface area contributed by atoms with E-state index < -0.39 is 8.07 Å². The minimum absolute atomic E-state index is 0.232. The molecule has 33 heavy (non-hydrogen) atoms. The van der Waals surface area contributed by atoms with Gasteiger partial charge in [0.05, 0.1) is 8.07 Å². The molecule has 4 aliphatic rings. The van der Waals surface area contributed by atoms with E-state index in [1.807, 2.05) is 0 Å². The molecule has 0 nitrogen and oxygen atoms in total. The van der Waals surface area contributed by atoms with Gasteiger partial charge in [-0.05, 0) is 63.2 Å². The molecule has 0 aromatic carbocycles. The first kappa shape index (κ1) is 25.0. The molecule has 0 radical (unpaired) electrons. The second-order valence-corrected chi connectivity index (χ2v) is 19.0. The lowest BCUT2D eigenvalue weighted by Gasteiger charge is -2.45. The zero-order valence-corrected chi connectivity index (χ0v) is 23.7. The standard InChI is InChI=1S/C32H50Si/c1-9-10-13-20-33(8,25-14-11-12-15-25)30-28-21-23(31(2,3)4)16-18-26(28)27-19-17-24(22-29(27)30)32(5,6)7/h9,16-19,21-22,25-30H,1,10-15,20H2,2-8H3. The lowest BCUT2D eigenvalue weighted by molar-refractivity contribution is 0.433. The van der Waals surface area contributed by atoms with Gasteiger partial charge in [-0.2, -0.15) is 0 Å². The van der Waals surface area contributed by atoms with E-state index in [0.717, 1.165) is 22.9 Å². The van der Waals surface area contributed by atoms with E-state index in [-0.39, 0.29) is 10.8 Å². The minimum Gasteiger partial charge on any atom is -0.103 e. The monoisotopic (exact) mass is 462 g/mol. The summed E-state index contributed by atoms with van der Waals surface area (Å²) in [5.74, 6) is 2.82. The van der Waals surface area contributed by atoms with Crippen molar-refractivity contribution in [2.24, 2.45) is 34.5 Å². The van der Waals surface area contributed by atoms with E-state index in [1.54, 1.807) is 11.1 Å². The summed E-state index contributed by atoms with van der Waals surface area (Å²) >= 11 is 0. The predicted octanol–water partition coefficient (Wildman–Crippen LogP) is 9.91. The fourth-order valence-corrected chi connectivity index (χ4v) is 14.3. The third kappa shape index (κ3) is 4.73. The maximum atomic E-state index is 4.06. The van der Waals surface area contributed by atoms with Crippen LogP contribution in [0.5, 0.6) is 0 Å². The Morgan fingerprint density at radius 1 is 0.848 bits per heavy atom. The molecule has 0 spiro atoms. The summed E-state index contributed by atoms with van der Waals surface area (Å²) in [5.41, 5.74) is 5.49. The van der Waals surface area contributed by atoms with Crippen LogP contribution in [0.2, 0.25) is 23.7 Å². The number of hydrogen-bond acceptors (Lipinski definition) is 0. The summed E-state index contributed by atoms with van der Waals surface area (Å²) < 4.78 is 0. The van der Waals surface area contributed by atoms with E-state index in [1.165, 1.54) is 44.6 Å². The Balaban J connectivity index is 1.82. The van der Waals surface area contributed by atoms with Gasteiger partial charge in [-0.25, -0.2) is 0 Å². The van der Waals surface area contributed by atoms with E-state index in [4.69, 9.17) is 0 Å². The Kier molecular flexibility index (Phi) is 6.96. The van der Waals surface area contributed by atoms with Crippen LogP contribution in [0.4, 0.5) is 0 Å². The maximum Gasteiger partial charge on any atom is 0.0579 e. The molecule has 0 N–H and O–H groups in total. The molecule has 0 aliphatic heterocycles. The van der Waals surface area contributed by atoms with Gasteiger partial charge < -0.3 is 0 Å². The van der Waals surface area contributed by atoms with E-state index >= 15 is 0 Å². The smallest absolute Gasteiger partial charge is 0.0579 e. The minimum atomic E-state index is -1.52. The van der Waals surface area contributed by atoms with Crippen molar-refractivity contribution in [2.75, 3.05) is 0 Å². The predicted molar refractivity (Wildman–Crippen MR) is 149 cm³/mol. The zero-order chi connectivity index (χ0) is 24.0. The number of unbranched alkanes of at least 4 members (excludes halogenated alkanes) is 1. The largest absolute Gasteiger partial charge is 0.103 e. The highest BCUT2D eigenvalue weighted by atomic mass is 28.3. The molecular formula is C32H50Si. The highest BCUT2D eigenvalue weighted by molar-refractivity contribution is 6.81. The van der Waals surface area contributed by atoms with Crippen molar-refractivity contribution in [3.8, 4) is 0 Å². The van der Waals surface area contributed by atoms with E-state index in [2.05, 4.69) is 97.2 Å². The van der Waals surface area contributed by atoms with Gasteiger partial charge in [-0.15, -0.1) is 6.58 Å². The van der Waals surface area contributed by atoms with Gasteiger partial charge in [-0.1, -0.05) is 129 Å². The Hall–Kier alpha value is -1.08. The first-order valence-electron chi connectivity index (χ1n) is 13.9. The summed E-state index contributed by atoms with van der Waals surface area (Å²) in [5, 5.41) is 0. The SMILES string of the molecule is C=CCCC[Si](C)(C1CCCC1)C1C2C=C(C(C)(C)C)C=CC2C2C=CC(C(C)(C)C)=CC21. The number of fused-ring (bicyclic) bond motifs is 3. The summed E-state index contributed by atoms with van der Waals surface area (Å²) in [6.45, 7) is 21.3. The van der Waals surface area contributed by atoms with Crippen molar-refractivity contribution < 1.29 is 0 Å². The molecule has 0 amide bonds. The molecule has 4 rings (SSSR count). The average Bonchev–Trinajstić information content (AvgIpc) is 3.38. The van der Waals surface area contributed by atoms with Gasteiger partial charge >= 0.3 is 0 Å². The first-order chi connectivity index (χ1) is 15.5. The van der Waals surface area contributed by atoms with Gasteiger partial charge in [0.1, 0.15) is 0 Å². The Bertz CT molecular complexity index is 796. The van der Waals surface area contributed by atoms with E-state index in [9.17, 15) is 0 Å². The van der Waals surface area contributed by atoms with E-state index in [0.29, 0.717) is 11.8 Å². The molecule has 4 aliphatic carbocycles. The Morgan fingerprint density at radius 3 is 1.76 bits per heavy atom. The highest BCUT2D eigenvalue weighted by Crippen LogP contribution is 2.64. The summed E-state index contributed by atoms with van der Waals surface area (Å²) in [4.78, 5) is 0. The summed E-state index contributed by atoms with van der Waals surface area (Å²) in [7, 11) is -1.52. The van der Waals surface area contributed by atoms with Crippen LogP contribution in [-0.2, 0) is 0 Å². The molecule has 5 unspecified atom stereocenters. The van der Waals surface area contributed by atoms with Gasteiger partial charge in [-0.3, -0.25) is 0 Å². The number of allylic oxidation sites excluding steroid dienone is 9. The lowest BCUT2D eigenvalue weighted by Crippen LogP contribution is -2.45. The quantitative estimate of drug-likeness (QED) is 0.209. The summed E-state index contributed by atoms with van der Waals surface area (Å²) in [6.07, 6.45) is 26.4.